The Labute approximate surface area is 106 Å². The summed E-state index contributed by atoms with van der Waals surface area (Å²) in [5.74, 6) is 0.856. The molecule has 0 saturated carbocycles. The molecule has 0 amide bonds. The minimum atomic E-state index is 0.434. The number of aromatic nitrogens is 1. The van der Waals surface area contributed by atoms with Gasteiger partial charge in [-0.15, -0.1) is 0 Å². The van der Waals surface area contributed by atoms with E-state index >= 15 is 0 Å². The topological polar surface area (TPSA) is 22.1 Å². The van der Waals surface area contributed by atoms with Crippen LogP contribution in [0, 0.1) is 13.8 Å². The summed E-state index contributed by atoms with van der Waals surface area (Å²) in [5.41, 5.74) is 3.32. The highest BCUT2D eigenvalue weighted by Crippen LogP contribution is 2.17. The fraction of sp³-hybridized carbons (Fsp3) is 0.214. The van der Waals surface area contributed by atoms with Gasteiger partial charge >= 0.3 is 0 Å². The summed E-state index contributed by atoms with van der Waals surface area (Å²) in [6.07, 6.45) is 0. The molecule has 2 rings (SSSR count). The predicted molar refractivity (Wildman–Crippen MR) is 69.5 cm³/mol. The Morgan fingerprint density at radius 3 is 2.65 bits per heavy atom. The number of benzene rings is 1. The Balaban J connectivity index is 2.05. The normalized spacial score (nSPS) is 10.3. The summed E-state index contributed by atoms with van der Waals surface area (Å²) < 4.78 is 5.66. The van der Waals surface area contributed by atoms with Crippen LogP contribution in [0.1, 0.15) is 16.8 Å². The van der Waals surface area contributed by atoms with Gasteiger partial charge in [-0.25, -0.2) is 4.98 Å². The van der Waals surface area contributed by atoms with E-state index < -0.39 is 0 Å². The van der Waals surface area contributed by atoms with E-state index in [1.165, 1.54) is 11.1 Å². The molecule has 1 aromatic carbocycles. The van der Waals surface area contributed by atoms with E-state index in [4.69, 9.17) is 16.3 Å². The van der Waals surface area contributed by atoms with Crippen LogP contribution in [0.2, 0.25) is 5.15 Å². The van der Waals surface area contributed by atoms with Crippen molar-refractivity contribution in [1.82, 2.24) is 4.98 Å². The van der Waals surface area contributed by atoms with Crippen LogP contribution in [-0.2, 0) is 6.61 Å². The highest BCUT2D eigenvalue weighted by Gasteiger charge is 2.00. The third-order valence-corrected chi connectivity index (χ3v) is 2.85. The zero-order valence-corrected chi connectivity index (χ0v) is 10.7. The second-order valence-corrected chi connectivity index (χ2v) is 4.37. The van der Waals surface area contributed by atoms with Crippen LogP contribution in [-0.4, -0.2) is 4.98 Å². The van der Waals surface area contributed by atoms with E-state index in [1.54, 1.807) is 6.07 Å². The summed E-state index contributed by atoms with van der Waals surface area (Å²) >= 11 is 5.81. The van der Waals surface area contributed by atoms with Crippen molar-refractivity contribution >= 4 is 11.6 Å². The van der Waals surface area contributed by atoms with E-state index in [0.29, 0.717) is 11.8 Å². The highest BCUT2D eigenvalue weighted by atomic mass is 35.5. The van der Waals surface area contributed by atoms with Gasteiger partial charge < -0.3 is 4.74 Å². The molecule has 0 aliphatic rings. The van der Waals surface area contributed by atoms with Gasteiger partial charge in [0.05, 0.1) is 5.69 Å². The Morgan fingerprint density at radius 2 is 1.94 bits per heavy atom. The molecule has 1 heterocycles. The summed E-state index contributed by atoms with van der Waals surface area (Å²) in [6, 6.07) is 11.6. The fourth-order valence-electron chi connectivity index (χ4n) is 1.49. The van der Waals surface area contributed by atoms with Crippen LogP contribution < -0.4 is 4.74 Å². The van der Waals surface area contributed by atoms with Gasteiger partial charge in [-0.1, -0.05) is 23.7 Å². The largest absolute Gasteiger partial charge is 0.487 e. The first-order chi connectivity index (χ1) is 8.15. The molecule has 0 radical (unpaired) electrons. The molecule has 0 atom stereocenters. The third kappa shape index (κ3) is 3.21. The Bertz CT molecular complexity index is 525. The maximum atomic E-state index is 5.81. The number of hydrogen-bond donors (Lipinski definition) is 0. The summed E-state index contributed by atoms with van der Waals surface area (Å²) in [7, 11) is 0. The van der Waals surface area contributed by atoms with Gasteiger partial charge in [0, 0.05) is 0 Å². The molecule has 0 fully saturated rings. The van der Waals surface area contributed by atoms with Crippen LogP contribution in [0.15, 0.2) is 36.4 Å². The molecule has 0 spiro atoms. The summed E-state index contributed by atoms with van der Waals surface area (Å²) in [5, 5.41) is 0.492. The third-order valence-electron chi connectivity index (χ3n) is 2.64. The molecule has 2 nitrogen and oxygen atoms in total. The number of ether oxygens (including phenoxy) is 1. The molecular formula is C14H14ClNO. The molecule has 0 aliphatic heterocycles. The van der Waals surface area contributed by atoms with Gasteiger partial charge in [-0.05, 0) is 49.2 Å². The van der Waals surface area contributed by atoms with Crippen molar-refractivity contribution in [2.75, 3.05) is 0 Å². The van der Waals surface area contributed by atoms with Gasteiger partial charge in [-0.3, -0.25) is 0 Å². The van der Waals surface area contributed by atoms with Crippen LogP contribution in [0.5, 0.6) is 5.75 Å². The minimum absolute atomic E-state index is 0.434. The molecule has 2 aromatic rings. The molecule has 88 valence electrons. The minimum Gasteiger partial charge on any atom is -0.487 e. The van der Waals surface area contributed by atoms with Gasteiger partial charge in [0.2, 0.25) is 0 Å². The molecule has 0 bridgehead atoms. The van der Waals surface area contributed by atoms with Gasteiger partial charge in [0.15, 0.2) is 0 Å². The maximum Gasteiger partial charge on any atom is 0.130 e. The lowest BCUT2D eigenvalue weighted by atomic mass is 10.1. The van der Waals surface area contributed by atoms with E-state index in [2.05, 4.69) is 24.9 Å². The van der Waals surface area contributed by atoms with E-state index in [1.807, 2.05) is 24.3 Å². The molecule has 0 unspecified atom stereocenters. The number of aryl methyl sites for hydroxylation is 2. The summed E-state index contributed by atoms with van der Waals surface area (Å²) in [6.45, 7) is 4.58. The zero-order chi connectivity index (χ0) is 12.3. The van der Waals surface area contributed by atoms with Gasteiger partial charge in [0.1, 0.15) is 17.5 Å². The predicted octanol–water partition coefficient (Wildman–Crippen LogP) is 3.93. The quantitative estimate of drug-likeness (QED) is 0.767. The van der Waals surface area contributed by atoms with Crippen molar-refractivity contribution in [2.45, 2.75) is 20.5 Å². The van der Waals surface area contributed by atoms with Crippen molar-refractivity contribution in [1.29, 1.82) is 0 Å². The molecular weight excluding hydrogens is 234 g/mol. The van der Waals surface area contributed by atoms with Crippen LogP contribution >= 0.6 is 11.6 Å². The smallest absolute Gasteiger partial charge is 0.130 e. The van der Waals surface area contributed by atoms with Crippen molar-refractivity contribution in [3.63, 3.8) is 0 Å². The van der Waals surface area contributed by atoms with Crippen molar-refractivity contribution in [2.24, 2.45) is 0 Å². The number of nitrogens with zero attached hydrogens (tertiary/aromatic N) is 1. The van der Waals surface area contributed by atoms with Crippen LogP contribution in [0.25, 0.3) is 0 Å². The molecule has 0 aliphatic carbocycles. The second-order valence-electron chi connectivity index (χ2n) is 3.99. The lowest BCUT2D eigenvalue weighted by Gasteiger charge is -2.08. The average Bonchev–Trinajstić information content (AvgIpc) is 2.31. The molecule has 0 N–H and O–H groups in total. The van der Waals surface area contributed by atoms with E-state index in [-0.39, 0.29) is 0 Å². The number of hydrogen-bond acceptors (Lipinski definition) is 2. The van der Waals surface area contributed by atoms with E-state index in [0.717, 1.165) is 11.4 Å². The number of rotatable bonds is 3. The lowest BCUT2D eigenvalue weighted by molar-refractivity contribution is 0.301. The van der Waals surface area contributed by atoms with Gasteiger partial charge in [0.25, 0.3) is 0 Å². The molecule has 3 heteroatoms. The molecule has 0 saturated heterocycles. The molecule has 17 heavy (non-hydrogen) atoms. The molecule has 1 aromatic heterocycles. The first-order valence-corrected chi connectivity index (χ1v) is 5.84. The highest BCUT2D eigenvalue weighted by molar-refractivity contribution is 6.29. The first-order valence-electron chi connectivity index (χ1n) is 5.46. The van der Waals surface area contributed by atoms with Crippen LogP contribution in [0.3, 0.4) is 0 Å². The van der Waals surface area contributed by atoms with Crippen LogP contribution in [0.4, 0.5) is 0 Å². The first kappa shape index (κ1) is 11.9. The Hall–Kier alpha value is -1.54. The lowest BCUT2D eigenvalue weighted by Crippen LogP contribution is -1.98. The number of pyridine rings is 1. The van der Waals surface area contributed by atoms with Crippen molar-refractivity contribution < 1.29 is 4.74 Å². The summed E-state index contributed by atoms with van der Waals surface area (Å²) in [4.78, 5) is 4.17. The SMILES string of the molecule is Cc1ccc(OCc2cccc(Cl)n2)cc1C. The fourth-order valence-corrected chi connectivity index (χ4v) is 1.67. The average molecular weight is 248 g/mol. The van der Waals surface area contributed by atoms with Gasteiger partial charge in [-0.2, -0.15) is 0 Å². The maximum absolute atomic E-state index is 5.81. The van der Waals surface area contributed by atoms with Crippen molar-refractivity contribution in [3.8, 4) is 5.75 Å². The Morgan fingerprint density at radius 1 is 1.12 bits per heavy atom. The van der Waals surface area contributed by atoms with E-state index in [9.17, 15) is 0 Å². The Kier molecular flexibility index (Phi) is 3.64. The zero-order valence-electron chi connectivity index (χ0n) is 9.90. The van der Waals surface area contributed by atoms with Crippen molar-refractivity contribution in [3.05, 3.63) is 58.4 Å². The monoisotopic (exact) mass is 247 g/mol. The number of halogens is 1. The second kappa shape index (κ2) is 5.19. The standard InChI is InChI=1S/C14H14ClNO/c1-10-6-7-13(8-11(10)2)17-9-12-4-3-5-14(15)16-12/h3-8H,9H2,1-2H3.